The van der Waals surface area contributed by atoms with Crippen molar-refractivity contribution in [1.82, 2.24) is 5.32 Å². The molecule has 4 nitrogen and oxygen atoms in total. The highest BCUT2D eigenvalue weighted by Gasteiger charge is 2.46. The second-order valence-corrected chi connectivity index (χ2v) is 8.86. The zero-order chi connectivity index (χ0) is 13.7. The Labute approximate surface area is 115 Å². The molecule has 0 spiro atoms. The Morgan fingerprint density at radius 2 is 2.11 bits per heavy atom. The van der Waals surface area contributed by atoms with Crippen molar-refractivity contribution in [2.45, 2.75) is 37.4 Å². The lowest BCUT2D eigenvalue weighted by Gasteiger charge is -2.06. The van der Waals surface area contributed by atoms with E-state index < -0.39 is 9.05 Å². The van der Waals surface area contributed by atoms with Crippen molar-refractivity contribution in [3.8, 4) is 0 Å². The minimum atomic E-state index is -3.77. The second kappa shape index (κ2) is 4.21. The van der Waals surface area contributed by atoms with Gasteiger partial charge in [0.1, 0.15) is 4.21 Å². The summed E-state index contributed by atoms with van der Waals surface area (Å²) < 4.78 is 22.6. The van der Waals surface area contributed by atoms with Crippen molar-refractivity contribution in [3.63, 3.8) is 0 Å². The minimum absolute atomic E-state index is 0.0457. The molecule has 2 rings (SSSR count). The lowest BCUT2D eigenvalue weighted by molar-refractivity contribution is 0.0946. The first-order valence-corrected chi connectivity index (χ1v) is 8.65. The van der Waals surface area contributed by atoms with Crippen LogP contribution in [0.3, 0.4) is 0 Å². The number of carbonyl (C=O) groups is 1. The third-order valence-electron chi connectivity index (χ3n) is 3.28. The first-order chi connectivity index (χ1) is 8.13. The molecule has 1 fully saturated rings. The van der Waals surface area contributed by atoms with Crippen LogP contribution in [-0.2, 0) is 9.05 Å². The SMILES string of the molecule is Cc1c(C(=O)NC2CC2(C)C)csc1S(=O)(=O)Cl. The molecule has 1 aliphatic rings. The van der Waals surface area contributed by atoms with Gasteiger partial charge >= 0.3 is 0 Å². The van der Waals surface area contributed by atoms with Gasteiger partial charge in [0.15, 0.2) is 0 Å². The molecule has 100 valence electrons. The molecular weight excluding hydrogens is 294 g/mol. The molecule has 7 heteroatoms. The third kappa shape index (κ3) is 2.55. The van der Waals surface area contributed by atoms with Gasteiger partial charge in [-0.15, -0.1) is 11.3 Å². The van der Waals surface area contributed by atoms with Crippen molar-refractivity contribution >= 4 is 37.0 Å². The van der Waals surface area contributed by atoms with Gasteiger partial charge in [-0.1, -0.05) is 13.8 Å². The minimum Gasteiger partial charge on any atom is -0.349 e. The molecule has 1 heterocycles. The van der Waals surface area contributed by atoms with Gasteiger partial charge in [-0.05, 0) is 24.3 Å². The molecule has 1 amide bonds. The topological polar surface area (TPSA) is 63.2 Å². The molecule has 0 aliphatic heterocycles. The number of rotatable bonds is 3. The van der Waals surface area contributed by atoms with Crippen LogP contribution in [0.15, 0.2) is 9.59 Å². The van der Waals surface area contributed by atoms with Gasteiger partial charge in [0, 0.05) is 22.1 Å². The van der Waals surface area contributed by atoms with E-state index in [1.165, 1.54) is 5.38 Å². The molecule has 0 aromatic carbocycles. The molecule has 1 saturated carbocycles. The summed E-state index contributed by atoms with van der Waals surface area (Å²) in [5.41, 5.74) is 0.953. The predicted molar refractivity (Wildman–Crippen MR) is 71.7 cm³/mol. The van der Waals surface area contributed by atoms with Crippen LogP contribution in [0.4, 0.5) is 0 Å². The van der Waals surface area contributed by atoms with Gasteiger partial charge in [0.25, 0.3) is 15.0 Å². The highest BCUT2D eigenvalue weighted by molar-refractivity contribution is 8.15. The van der Waals surface area contributed by atoms with Gasteiger partial charge in [0.2, 0.25) is 0 Å². The van der Waals surface area contributed by atoms with Crippen molar-refractivity contribution in [3.05, 3.63) is 16.5 Å². The van der Waals surface area contributed by atoms with E-state index in [0.717, 1.165) is 17.8 Å². The third-order valence-corrected chi connectivity index (χ3v) is 6.59. The summed E-state index contributed by atoms with van der Waals surface area (Å²) >= 11 is 0.978. The van der Waals surface area contributed by atoms with E-state index in [2.05, 4.69) is 19.2 Å². The highest BCUT2D eigenvalue weighted by Crippen LogP contribution is 2.44. The van der Waals surface area contributed by atoms with E-state index in [9.17, 15) is 13.2 Å². The second-order valence-electron chi connectivity index (χ2n) is 5.22. The lowest BCUT2D eigenvalue weighted by atomic mass is 10.1. The maximum absolute atomic E-state index is 12.0. The monoisotopic (exact) mass is 307 g/mol. The van der Waals surface area contributed by atoms with E-state index in [1.54, 1.807) is 6.92 Å². The fourth-order valence-electron chi connectivity index (χ4n) is 1.81. The van der Waals surface area contributed by atoms with E-state index in [0.29, 0.717) is 11.1 Å². The Balaban J connectivity index is 2.20. The summed E-state index contributed by atoms with van der Waals surface area (Å²) in [5.74, 6) is -0.231. The zero-order valence-corrected chi connectivity index (χ0v) is 12.7. The van der Waals surface area contributed by atoms with Gasteiger partial charge in [-0.3, -0.25) is 4.79 Å². The van der Waals surface area contributed by atoms with Gasteiger partial charge < -0.3 is 5.32 Å². The molecule has 1 unspecified atom stereocenters. The van der Waals surface area contributed by atoms with Crippen LogP contribution in [0.2, 0.25) is 0 Å². The largest absolute Gasteiger partial charge is 0.349 e. The number of carbonyl (C=O) groups excluding carboxylic acids is 1. The van der Waals surface area contributed by atoms with Crippen LogP contribution in [0.1, 0.15) is 36.2 Å². The number of hydrogen-bond acceptors (Lipinski definition) is 4. The number of amides is 1. The smallest absolute Gasteiger partial charge is 0.271 e. The van der Waals surface area contributed by atoms with Gasteiger partial charge in [-0.25, -0.2) is 8.42 Å². The molecule has 1 aromatic rings. The molecule has 1 atom stereocenters. The van der Waals surface area contributed by atoms with Crippen LogP contribution >= 0.6 is 22.0 Å². The highest BCUT2D eigenvalue weighted by atomic mass is 35.7. The van der Waals surface area contributed by atoms with E-state index >= 15 is 0 Å². The summed E-state index contributed by atoms with van der Waals surface area (Å²) in [6.45, 7) is 5.75. The van der Waals surface area contributed by atoms with Crippen molar-refractivity contribution in [2.75, 3.05) is 0 Å². The summed E-state index contributed by atoms with van der Waals surface area (Å²) in [6, 6.07) is 0.167. The van der Waals surface area contributed by atoms with Crippen LogP contribution < -0.4 is 5.32 Å². The van der Waals surface area contributed by atoms with Crippen LogP contribution in [0, 0.1) is 12.3 Å². The number of nitrogens with one attached hydrogen (secondary N) is 1. The Morgan fingerprint density at radius 3 is 2.50 bits per heavy atom. The van der Waals surface area contributed by atoms with E-state index in [-0.39, 0.29) is 21.6 Å². The Kier molecular flexibility index (Phi) is 3.24. The Hall–Kier alpha value is -0.590. The fraction of sp³-hybridized carbons (Fsp3) is 0.545. The maximum Gasteiger partial charge on any atom is 0.271 e. The van der Waals surface area contributed by atoms with E-state index in [4.69, 9.17) is 10.7 Å². The van der Waals surface area contributed by atoms with Gasteiger partial charge in [0.05, 0.1) is 5.56 Å². The molecule has 1 aromatic heterocycles. The number of thiophene rings is 1. The molecule has 0 radical (unpaired) electrons. The molecule has 1 aliphatic carbocycles. The molecular formula is C11H14ClNO3S2. The lowest BCUT2D eigenvalue weighted by Crippen LogP contribution is -2.28. The normalized spacial score (nSPS) is 21.7. The van der Waals surface area contributed by atoms with Crippen molar-refractivity contribution < 1.29 is 13.2 Å². The van der Waals surface area contributed by atoms with Crippen molar-refractivity contribution in [1.29, 1.82) is 0 Å². The number of hydrogen-bond donors (Lipinski definition) is 1. The van der Waals surface area contributed by atoms with Gasteiger partial charge in [-0.2, -0.15) is 0 Å². The standard InChI is InChI=1S/C11H14ClNO3S2/c1-6-7(5-17-10(6)18(12,15)16)9(14)13-8-4-11(8,2)3/h5,8H,4H2,1-3H3,(H,13,14). The quantitative estimate of drug-likeness (QED) is 0.873. The zero-order valence-electron chi connectivity index (χ0n) is 10.3. The Bertz CT molecular complexity index is 604. The first kappa shape index (κ1) is 13.8. The van der Waals surface area contributed by atoms with E-state index in [1.807, 2.05) is 0 Å². The summed E-state index contributed by atoms with van der Waals surface area (Å²) in [6.07, 6.45) is 0.947. The fourth-order valence-corrected chi connectivity index (χ4v) is 4.36. The summed E-state index contributed by atoms with van der Waals surface area (Å²) in [5, 5.41) is 4.43. The predicted octanol–water partition coefficient (Wildman–Crippen LogP) is 2.51. The van der Waals surface area contributed by atoms with Crippen LogP contribution in [-0.4, -0.2) is 20.4 Å². The van der Waals surface area contributed by atoms with Crippen molar-refractivity contribution in [2.24, 2.45) is 5.41 Å². The molecule has 1 N–H and O–H groups in total. The first-order valence-electron chi connectivity index (χ1n) is 5.46. The Morgan fingerprint density at radius 1 is 1.56 bits per heavy atom. The maximum atomic E-state index is 12.0. The van der Waals surface area contributed by atoms with Crippen LogP contribution in [0.5, 0.6) is 0 Å². The number of halogens is 1. The van der Waals surface area contributed by atoms with Crippen LogP contribution in [0.25, 0.3) is 0 Å². The summed E-state index contributed by atoms with van der Waals surface area (Å²) in [7, 11) is 1.53. The molecule has 18 heavy (non-hydrogen) atoms. The average Bonchev–Trinajstić information content (AvgIpc) is 2.63. The average molecular weight is 308 g/mol. The summed E-state index contributed by atoms with van der Waals surface area (Å²) in [4.78, 5) is 12.0. The molecule has 0 saturated heterocycles. The molecule has 0 bridgehead atoms.